The Morgan fingerprint density at radius 2 is 2.19 bits per heavy atom. The molecule has 0 saturated heterocycles. The molecule has 0 spiro atoms. The Morgan fingerprint density at radius 1 is 1.38 bits per heavy atom. The first kappa shape index (κ1) is 16.9. The van der Waals surface area contributed by atoms with Gasteiger partial charge in [-0.15, -0.1) is 0 Å². The monoisotopic (exact) mass is 325 g/mol. The van der Waals surface area contributed by atoms with E-state index in [1.807, 2.05) is 19.1 Å². The molecule has 0 N–H and O–H groups in total. The Labute approximate surface area is 135 Å². The second-order valence-electron chi connectivity index (χ2n) is 5.72. The molecule has 4 heteroatoms. The molecule has 21 heavy (non-hydrogen) atoms. The number of hydrogen-bond donors (Lipinski definition) is 0. The van der Waals surface area contributed by atoms with Crippen LogP contribution < -0.4 is 0 Å². The van der Waals surface area contributed by atoms with Gasteiger partial charge in [-0.3, -0.25) is 0 Å². The Balaban J connectivity index is 1.92. The molecule has 1 nitrogen and oxygen atoms in total. The first-order chi connectivity index (χ1) is 10.2. The Morgan fingerprint density at radius 3 is 2.90 bits per heavy atom. The quantitative estimate of drug-likeness (QED) is 0.236. The van der Waals surface area contributed by atoms with Crippen LogP contribution in [0.5, 0.6) is 0 Å². The first-order valence-electron chi connectivity index (χ1n) is 7.82. The van der Waals surface area contributed by atoms with E-state index in [1.165, 1.54) is 48.6 Å². The molecule has 116 valence electrons. The van der Waals surface area contributed by atoms with Gasteiger partial charge in [0.2, 0.25) is 0 Å². The van der Waals surface area contributed by atoms with Crippen LogP contribution in [0.25, 0.3) is 0 Å². The van der Waals surface area contributed by atoms with Gasteiger partial charge in [-0.05, 0) is 49.8 Å². The molecule has 0 heterocycles. The van der Waals surface area contributed by atoms with Gasteiger partial charge in [0.25, 0.3) is 0 Å². The number of hydrogen-bond acceptors (Lipinski definition) is 3. The minimum absolute atomic E-state index is 0.161. The lowest BCUT2D eigenvalue weighted by Gasteiger charge is -2.06. The van der Waals surface area contributed by atoms with Crippen LogP contribution in [0, 0.1) is 11.7 Å². The van der Waals surface area contributed by atoms with Crippen LogP contribution in [0.15, 0.2) is 22.6 Å². The predicted octanol–water partition coefficient (Wildman–Crippen LogP) is 6.07. The van der Waals surface area contributed by atoms with Gasteiger partial charge < -0.3 is 0 Å². The van der Waals surface area contributed by atoms with Crippen LogP contribution in [0.4, 0.5) is 4.39 Å². The van der Waals surface area contributed by atoms with Crippen molar-refractivity contribution in [1.29, 1.82) is 0 Å². The normalized spacial score (nSPS) is 15.5. The zero-order valence-corrected chi connectivity index (χ0v) is 14.5. The highest BCUT2D eigenvalue weighted by molar-refractivity contribution is 8.76. The number of aryl methyl sites for hydroxylation is 1. The van der Waals surface area contributed by atoms with E-state index in [0.717, 1.165) is 23.8 Å². The van der Waals surface area contributed by atoms with Gasteiger partial charge in [0, 0.05) is 22.3 Å². The highest BCUT2D eigenvalue weighted by Gasteiger charge is 2.20. The molecule has 0 aliphatic heterocycles. The highest BCUT2D eigenvalue weighted by Crippen LogP contribution is 2.33. The lowest BCUT2D eigenvalue weighted by atomic mass is 10.0. The van der Waals surface area contributed by atoms with E-state index in [1.54, 1.807) is 16.9 Å². The maximum absolute atomic E-state index is 14.0. The Bertz CT molecular complexity index is 484. The van der Waals surface area contributed by atoms with Crippen molar-refractivity contribution in [2.24, 2.45) is 10.3 Å². The maximum Gasteiger partial charge on any atom is 0.132 e. The van der Waals surface area contributed by atoms with Crippen molar-refractivity contribution in [2.75, 3.05) is 5.75 Å². The fraction of sp³-hybridized carbons (Fsp3) is 0.588. The number of halogens is 1. The van der Waals surface area contributed by atoms with Crippen LogP contribution in [-0.4, -0.2) is 11.5 Å². The highest BCUT2D eigenvalue weighted by atomic mass is 33.1. The average molecular weight is 326 g/mol. The van der Waals surface area contributed by atoms with E-state index >= 15 is 0 Å². The van der Waals surface area contributed by atoms with Crippen LogP contribution in [0.2, 0.25) is 0 Å². The summed E-state index contributed by atoms with van der Waals surface area (Å²) in [5.74, 6) is 1.85. The smallest absolute Gasteiger partial charge is 0.132 e. The van der Waals surface area contributed by atoms with E-state index in [0.29, 0.717) is 5.56 Å². The summed E-state index contributed by atoms with van der Waals surface area (Å²) in [6.45, 7) is 4.08. The van der Waals surface area contributed by atoms with E-state index in [-0.39, 0.29) is 5.82 Å². The molecule has 1 fully saturated rings. The van der Waals surface area contributed by atoms with Gasteiger partial charge in [0.15, 0.2) is 0 Å². The van der Waals surface area contributed by atoms with Crippen molar-refractivity contribution < 1.29 is 4.39 Å². The third kappa shape index (κ3) is 6.03. The summed E-state index contributed by atoms with van der Waals surface area (Å²) in [4.78, 5) is 0. The molecular weight excluding hydrogens is 301 g/mol. The summed E-state index contributed by atoms with van der Waals surface area (Å²) in [5, 5.41) is 0. The molecule has 1 saturated carbocycles. The molecular formula is C17H24FNS2. The van der Waals surface area contributed by atoms with E-state index < -0.39 is 0 Å². The maximum atomic E-state index is 14.0. The van der Waals surface area contributed by atoms with Crippen molar-refractivity contribution in [3.8, 4) is 0 Å². The number of unbranched alkanes of at least 4 members (excludes halogenated alkanes) is 1. The van der Waals surface area contributed by atoms with E-state index in [4.69, 9.17) is 0 Å². The number of benzene rings is 1. The molecule has 0 radical (unpaired) electrons. The molecule has 0 aromatic heterocycles. The summed E-state index contributed by atoms with van der Waals surface area (Å²) < 4.78 is 18.4. The minimum Gasteiger partial charge on any atom is -0.209 e. The fourth-order valence-corrected chi connectivity index (χ4v) is 3.97. The van der Waals surface area contributed by atoms with Crippen LogP contribution >= 0.6 is 21.8 Å². The van der Waals surface area contributed by atoms with Gasteiger partial charge in [-0.2, -0.15) is 0 Å². The summed E-state index contributed by atoms with van der Waals surface area (Å²) >= 11 is 0. The SMILES string of the molecule is CCCCSS/N=C(\C)c1cc(CCC2CC2)ccc1F. The van der Waals surface area contributed by atoms with Crippen LogP contribution in [0.1, 0.15) is 57.1 Å². The van der Waals surface area contributed by atoms with Gasteiger partial charge >= 0.3 is 0 Å². The summed E-state index contributed by atoms with van der Waals surface area (Å²) in [7, 11) is 3.22. The molecule has 0 bridgehead atoms. The van der Waals surface area contributed by atoms with Gasteiger partial charge in [0.05, 0.1) is 5.71 Å². The Kier molecular flexibility index (Phi) is 7.11. The van der Waals surface area contributed by atoms with Crippen molar-refractivity contribution in [1.82, 2.24) is 0 Å². The van der Waals surface area contributed by atoms with Crippen molar-refractivity contribution >= 4 is 27.5 Å². The van der Waals surface area contributed by atoms with Gasteiger partial charge in [-0.1, -0.05) is 43.0 Å². The minimum atomic E-state index is -0.161. The lowest BCUT2D eigenvalue weighted by Crippen LogP contribution is -2.00. The zero-order chi connectivity index (χ0) is 15.1. The molecule has 0 unspecified atom stereocenters. The number of nitrogens with zero attached hydrogens (tertiary/aromatic N) is 1. The van der Waals surface area contributed by atoms with Crippen molar-refractivity contribution in [3.63, 3.8) is 0 Å². The summed E-state index contributed by atoms with van der Waals surface area (Å²) in [5.41, 5.74) is 2.68. The van der Waals surface area contributed by atoms with E-state index in [2.05, 4.69) is 11.3 Å². The van der Waals surface area contributed by atoms with Crippen molar-refractivity contribution in [2.45, 2.75) is 52.4 Å². The summed E-state index contributed by atoms with van der Waals surface area (Å²) in [6, 6.07) is 5.48. The molecule has 1 aliphatic carbocycles. The molecule has 1 aromatic carbocycles. The molecule has 1 aliphatic rings. The zero-order valence-electron chi connectivity index (χ0n) is 12.9. The van der Waals surface area contributed by atoms with Gasteiger partial charge in [-0.25, -0.2) is 8.79 Å². The molecule has 0 amide bonds. The summed E-state index contributed by atoms with van der Waals surface area (Å²) in [6.07, 6.45) is 7.46. The predicted molar refractivity (Wildman–Crippen MR) is 94.6 cm³/mol. The van der Waals surface area contributed by atoms with E-state index in [9.17, 15) is 4.39 Å². The molecule has 1 aromatic rings. The second-order valence-corrected chi connectivity index (χ2v) is 7.85. The number of rotatable bonds is 9. The standard InChI is InChI=1S/C17H24FNS2/c1-3-4-11-20-21-19-13(2)16-12-15(9-10-17(16)18)8-7-14-5-6-14/h9-10,12,14H,3-8,11H2,1-2H3/b19-13+. The van der Waals surface area contributed by atoms with Crippen molar-refractivity contribution in [3.05, 3.63) is 35.1 Å². The van der Waals surface area contributed by atoms with Crippen LogP contribution in [-0.2, 0) is 6.42 Å². The average Bonchev–Trinajstić information content (AvgIpc) is 3.30. The largest absolute Gasteiger partial charge is 0.209 e. The second kappa shape index (κ2) is 8.84. The lowest BCUT2D eigenvalue weighted by molar-refractivity contribution is 0.623. The van der Waals surface area contributed by atoms with Crippen LogP contribution in [0.3, 0.4) is 0 Å². The van der Waals surface area contributed by atoms with Gasteiger partial charge in [0.1, 0.15) is 5.82 Å². The third-order valence-corrected chi connectivity index (χ3v) is 5.72. The Hall–Kier alpha value is -0.480. The fourth-order valence-electron chi connectivity index (χ4n) is 2.15. The first-order valence-corrected chi connectivity index (χ1v) is 10.1. The molecule has 0 atom stereocenters. The molecule has 2 rings (SSSR count). The topological polar surface area (TPSA) is 12.4 Å². The third-order valence-electron chi connectivity index (χ3n) is 3.77.